The number of alkyl halides is 1. The summed E-state index contributed by atoms with van der Waals surface area (Å²) in [6.07, 6.45) is -7.71. The molecular formula is C30H33FN6O8. The number of aliphatic hydroxyl groups excluding tert-OH is 2. The van der Waals surface area contributed by atoms with Crippen molar-refractivity contribution in [2.24, 2.45) is 0 Å². The number of nitrogens with zero attached hydrogens (tertiary/aromatic N) is 3. The van der Waals surface area contributed by atoms with Crippen LogP contribution in [-0.2, 0) is 35.2 Å². The SMILES string of the molecule is [3H]n1nnc2c1-c1ccccc1CN(C(=O)CCNC(=O)CCC(=O)OC[C@H]1OC(O)[C@H](NC(C)=O)[C@@H](O)[C@@H]1F)c1ccccc1-2. The number of benzene rings is 2. The second-order valence-electron chi connectivity index (χ2n) is 10.7. The number of anilines is 1. The summed E-state index contributed by atoms with van der Waals surface area (Å²) in [7, 11) is 0. The van der Waals surface area contributed by atoms with Crippen molar-refractivity contribution in [3.05, 3.63) is 54.1 Å². The number of para-hydroxylation sites is 1. The zero-order valence-electron chi connectivity index (χ0n) is 25.3. The maximum absolute atomic E-state index is 14.5. The topological polar surface area (TPSA) is 196 Å². The summed E-state index contributed by atoms with van der Waals surface area (Å²) in [6.45, 7) is 0.708. The molecule has 15 heteroatoms. The molecule has 238 valence electrons. The predicted molar refractivity (Wildman–Crippen MR) is 156 cm³/mol. The number of halogens is 1. The normalized spacial score (nSPS) is 22.4. The Morgan fingerprint density at radius 3 is 2.62 bits per heavy atom. The van der Waals surface area contributed by atoms with Crippen molar-refractivity contribution >= 4 is 29.4 Å². The lowest BCUT2D eigenvalue weighted by molar-refractivity contribution is -0.242. The van der Waals surface area contributed by atoms with Gasteiger partial charge in [-0.15, -0.1) is 5.10 Å². The number of aromatic amines is 1. The van der Waals surface area contributed by atoms with E-state index in [1.807, 2.05) is 24.3 Å². The van der Waals surface area contributed by atoms with Crippen molar-refractivity contribution in [2.75, 3.05) is 18.1 Å². The zero-order chi connectivity index (χ0) is 33.0. The molecule has 1 unspecified atom stereocenters. The van der Waals surface area contributed by atoms with E-state index in [2.05, 4.69) is 20.9 Å². The minimum absolute atomic E-state index is 0.00807. The highest BCUT2D eigenvalue weighted by molar-refractivity contribution is 6.00. The lowest BCUT2D eigenvalue weighted by Gasteiger charge is -2.39. The summed E-state index contributed by atoms with van der Waals surface area (Å²) in [4.78, 5) is 50.9. The minimum atomic E-state index is -2.06. The second kappa shape index (κ2) is 13.9. The van der Waals surface area contributed by atoms with E-state index in [1.54, 1.807) is 29.2 Å². The number of hydrogen-bond acceptors (Lipinski definition) is 10. The summed E-state index contributed by atoms with van der Waals surface area (Å²) >= 11 is 0. The molecule has 1 saturated heterocycles. The maximum atomic E-state index is 14.5. The highest BCUT2D eigenvalue weighted by Gasteiger charge is 2.46. The molecule has 1 aromatic heterocycles. The quantitative estimate of drug-likeness (QED) is 0.211. The van der Waals surface area contributed by atoms with E-state index in [4.69, 9.17) is 10.9 Å². The lowest BCUT2D eigenvalue weighted by atomic mass is 9.96. The van der Waals surface area contributed by atoms with Crippen LogP contribution >= 0.6 is 0 Å². The van der Waals surface area contributed by atoms with Crippen molar-refractivity contribution in [3.63, 3.8) is 0 Å². The van der Waals surface area contributed by atoms with Gasteiger partial charge >= 0.3 is 5.97 Å². The first-order valence-electron chi connectivity index (χ1n) is 14.8. The lowest BCUT2D eigenvalue weighted by Crippen LogP contribution is -2.62. The van der Waals surface area contributed by atoms with E-state index < -0.39 is 55.1 Å². The van der Waals surface area contributed by atoms with Crippen LogP contribution in [0.5, 0.6) is 0 Å². The molecule has 0 bridgehead atoms. The molecule has 1 fully saturated rings. The number of aliphatic hydroxyl groups is 2. The van der Waals surface area contributed by atoms with Crippen molar-refractivity contribution in [3.8, 4) is 22.5 Å². The van der Waals surface area contributed by atoms with Crippen LogP contribution in [0.1, 0.15) is 31.7 Å². The van der Waals surface area contributed by atoms with E-state index >= 15 is 0 Å². The number of esters is 1. The molecule has 5 rings (SSSR count). The monoisotopic (exact) mass is 626 g/mol. The van der Waals surface area contributed by atoms with Gasteiger partial charge in [-0.3, -0.25) is 24.3 Å². The van der Waals surface area contributed by atoms with Gasteiger partial charge in [0, 0.05) is 37.4 Å². The first kappa shape index (κ1) is 30.3. The molecule has 14 nitrogen and oxygen atoms in total. The molecule has 0 radical (unpaired) electrons. The van der Waals surface area contributed by atoms with Crippen LogP contribution in [0.3, 0.4) is 0 Å². The fourth-order valence-electron chi connectivity index (χ4n) is 5.29. The van der Waals surface area contributed by atoms with Crippen LogP contribution in [0.2, 0.25) is 1.41 Å². The molecule has 2 aromatic carbocycles. The predicted octanol–water partition coefficient (Wildman–Crippen LogP) is 0.736. The summed E-state index contributed by atoms with van der Waals surface area (Å²) in [5.41, 5.74) is 3.72. The minimum Gasteiger partial charge on any atom is -0.463 e. The van der Waals surface area contributed by atoms with Gasteiger partial charge in [-0.1, -0.05) is 47.7 Å². The van der Waals surface area contributed by atoms with Crippen LogP contribution in [0.4, 0.5) is 10.1 Å². The molecule has 3 aromatic rings. The summed E-state index contributed by atoms with van der Waals surface area (Å²) in [6, 6.07) is 13.2. The van der Waals surface area contributed by atoms with Crippen LogP contribution in [-0.4, -0.2) is 93.2 Å². The van der Waals surface area contributed by atoms with E-state index in [-0.39, 0.29) is 38.3 Å². The van der Waals surface area contributed by atoms with Gasteiger partial charge in [0.15, 0.2) is 13.9 Å². The molecular weight excluding hydrogens is 591 g/mol. The van der Waals surface area contributed by atoms with Crippen LogP contribution in [0.25, 0.3) is 22.5 Å². The highest BCUT2D eigenvalue weighted by atomic mass is 19.1. The molecule has 0 aliphatic carbocycles. The maximum Gasteiger partial charge on any atom is 0.306 e. The fraction of sp³-hybridized carbons (Fsp3) is 0.400. The molecule has 45 heavy (non-hydrogen) atoms. The molecule has 5 atom stereocenters. The number of H-pyrrole nitrogens is 1. The summed E-state index contributed by atoms with van der Waals surface area (Å²) in [5.74, 6) is -2.23. The van der Waals surface area contributed by atoms with Gasteiger partial charge in [-0.05, 0) is 11.6 Å². The Labute approximate surface area is 258 Å². The number of hydrogen-bond donors (Lipinski definition) is 5. The largest absolute Gasteiger partial charge is 0.463 e. The smallest absolute Gasteiger partial charge is 0.306 e. The highest BCUT2D eigenvalue weighted by Crippen LogP contribution is 2.39. The number of carbonyl (C=O) groups excluding carboxylic acids is 4. The second-order valence-corrected chi connectivity index (χ2v) is 10.7. The average molecular weight is 627 g/mol. The third-order valence-corrected chi connectivity index (χ3v) is 7.53. The van der Waals surface area contributed by atoms with Crippen molar-refractivity contribution in [1.29, 1.82) is 0 Å². The third kappa shape index (κ3) is 7.16. The number of nitrogens with one attached hydrogen (secondary N) is 3. The molecule has 2 aliphatic rings. The van der Waals surface area contributed by atoms with Crippen molar-refractivity contribution in [2.45, 2.75) is 63.4 Å². The Bertz CT molecular complexity index is 1620. The Morgan fingerprint density at radius 1 is 1.11 bits per heavy atom. The first-order chi connectivity index (χ1) is 22.0. The van der Waals surface area contributed by atoms with Crippen molar-refractivity contribution in [1.82, 2.24) is 26.0 Å². The number of carbonyl (C=O) groups is 4. The molecule has 3 amide bonds. The van der Waals surface area contributed by atoms with Gasteiger partial charge in [-0.2, -0.15) is 0 Å². The van der Waals surface area contributed by atoms with Gasteiger partial charge < -0.3 is 35.2 Å². The Balaban J connectivity index is 1.12. The number of aromatic nitrogens is 3. The van der Waals surface area contributed by atoms with Gasteiger partial charge in [0.05, 0.1) is 24.3 Å². The Kier molecular flexibility index (Phi) is 9.38. The van der Waals surface area contributed by atoms with Crippen LogP contribution in [0, 0.1) is 0 Å². The van der Waals surface area contributed by atoms with E-state index in [0.717, 1.165) is 23.1 Å². The Morgan fingerprint density at radius 2 is 1.84 bits per heavy atom. The molecule has 0 spiro atoms. The fourth-order valence-corrected chi connectivity index (χ4v) is 5.29. The van der Waals surface area contributed by atoms with Gasteiger partial charge in [0.25, 0.3) is 0 Å². The van der Waals surface area contributed by atoms with Crippen molar-refractivity contribution < 1.29 is 44.7 Å². The Hall–Kier alpha value is -4.73. The third-order valence-electron chi connectivity index (χ3n) is 7.53. The van der Waals surface area contributed by atoms with Crippen LogP contribution < -0.4 is 15.5 Å². The first-order valence-corrected chi connectivity index (χ1v) is 14.3. The van der Waals surface area contributed by atoms with Gasteiger partial charge in [-0.25, -0.2) is 4.39 Å². The van der Waals surface area contributed by atoms with E-state index in [9.17, 15) is 33.8 Å². The molecule has 3 heterocycles. The van der Waals surface area contributed by atoms with Gasteiger partial charge in [0.2, 0.25) is 17.7 Å². The average Bonchev–Trinajstić information content (AvgIpc) is 3.41. The summed E-state index contributed by atoms with van der Waals surface area (Å²) < 4.78 is 32.8. The number of ether oxygens (including phenoxy) is 2. The standard InChI is InChI=1S/C30H33FN6O8/c1-16(38)33-28-29(42)25(31)21(45-30(28)43)15-44-24(41)11-10-22(39)32-13-12-23(40)37-14-17-6-2-3-7-18(17)26-27(35-36-34-26)19-8-4-5-9-20(19)37/h2-9,21,25,28-30,42-43H,10-15H2,1H3,(H,32,39)(H,33,38)(H,34,35,36)/t21-,25-,28-,29+,30?/m1/s1/i/hT. The van der Waals surface area contributed by atoms with E-state index in [1.165, 1.54) is 0 Å². The van der Waals surface area contributed by atoms with E-state index in [0.29, 0.717) is 22.6 Å². The summed E-state index contributed by atoms with van der Waals surface area (Å²) in [5, 5.41) is 33.9. The molecule has 5 N–H and O–H groups in total. The number of rotatable bonds is 9. The molecule has 2 aliphatic heterocycles. The van der Waals surface area contributed by atoms with Gasteiger partial charge in [0.1, 0.15) is 30.6 Å². The van der Waals surface area contributed by atoms with Crippen LogP contribution in [0.15, 0.2) is 48.5 Å². The molecule has 0 saturated carbocycles. The zero-order valence-corrected chi connectivity index (χ0v) is 24.3. The number of amides is 3. The number of fused-ring (bicyclic) bond motifs is 5.